The zero-order valence-electron chi connectivity index (χ0n) is 17.8. The highest BCUT2D eigenvalue weighted by atomic mass is 35.5. The number of rotatable bonds is 10. The molecule has 0 saturated heterocycles. The Morgan fingerprint density at radius 2 is 1.83 bits per heavy atom. The Morgan fingerprint density at radius 3 is 2.43 bits per heavy atom. The van der Waals surface area contributed by atoms with Crippen molar-refractivity contribution in [2.45, 2.75) is 51.1 Å². The number of nitrogens with one attached hydrogen (secondary N) is 1. The number of hydrogen-bond donors (Lipinski definition) is 1. The van der Waals surface area contributed by atoms with Crippen molar-refractivity contribution in [2.24, 2.45) is 0 Å². The molecule has 1 atom stereocenters. The van der Waals surface area contributed by atoms with Gasteiger partial charge in [0.2, 0.25) is 10.0 Å². The number of hydrogen-bond acceptors (Lipinski definition) is 4. The van der Waals surface area contributed by atoms with Crippen molar-refractivity contribution in [1.82, 2.24) is 9.62 Å². The van der Waals surface area contributed by atoms with Gasteiger partial charge < -0.3 is 10.1 Å². The fourth-order valence-electron chi connectivity index (χ4n) is 3.06. The topological polar surface area (TPSA) is 75.7 Å². The fourth-order valence-corrected chi connectivity index (χ4v) is 4.34. The highest BCUT2D eigenvalue weighted by Gasteiger charge is 2.23. The van der Waals surface area contributed by atoms with Gasteiger partial charge in [-0.15, -0.1) is 0 Å². The normalized spacial score (nSPS) is 12.6. The Morgan fingerprint density at radius 1 is 1.17 bits per heavy atom. The summed E-state index contributed by atoms with van der Waals surface area (Å²) < 4.78 is 32.7. The number of halogens is 1. The third kappa shape index (κ3) is 6.20. The third-order valence-corrected chi connectivity index (χ3v) is 6.71. The fraction of sp³-hybridized carbons (Fsp3) is 0.409. The molecule has 0 aliphatic rings. The van der Waals surface area contributed by atoms with Gasteiger partial charge in [0.1, 0.15) is 5.75 Å². The number of benzene rings is 2. The van der Waals surface area contributed by atoms with Gasteiger partial charge in [-0.2, -0.15) is 4.31 Å². The molecular formula is C22H29ClN2O4S. The Hall–Kier alpha value is -2.09. The molecule has 0 aliphatic carbocycles. The van der Waals surface area contributed by atoms with Gasteiger partial charge in [0.25, 0.3) is 5.91 Å². The van der Waals surface area contributed by atoms with Gasteiger partial charge in [-0.05, 0) is 62.7 Å². The smallest absolute Gasteiger partial charge is 0.251 e. The second-order valence-corrected chi connectivity index (χ2v) is 9.62. The van der Waals surface area contributed by atoms with Crippen molar-refractivity contribution in [3.05, 3.63) is 58.6 Å². The molecule has 30 heavy (non-hydrogen) atoms. The first-order valence-electron chi connectivity index (χ1n) is 9.97. The third-order valence-electron chi connectivity index (χ3n) is 4.64. The van der Waals surface area contributed by atoms with E-state index < -0.39 is 10.0 Å². The molecule has 0 heterocycles. The minimum atomic E-state index is -3.73. The van der Waals surface area contributed by atoms with E-state index in [2.05, 4.69) is 12.2 Å². The van der Waals surface area contributed by atoms with Crippen LogP contribution in [0.15, 0.2) is 47.4 Å². The maximum Gasteiger partial charge on any atom is 0.251 e. The standard InChI is InChI=1S/C22H29ClN2O4S/c1-5-7-16(3)24-22(26)17-8-13-21(29-6-2)18(14-17)15-25(4)30(27,28)20-11-9-19(23)10-12-20/h8-14,16H,5-7,15H2,1-4H3,(H,24,26)/t16-/m0/s1. The SMILES string of the molecule is CCC[C@H](C)NC(=O)c1ccc(OCC)c(CN(C)S(=O)(=O)c2ccc(Cl)cc2)c1. The van der Waals surface area contributed by atoms with Gasteiger partial charge >= 0.3 is 0 Å². The van der Waals surface area contributed by atoms with Gasteiger partial charge in [-0.3, -0.25) is 4.79 Å². The average Bonchev–Trinajstić information content (AvgIpc) is 2.69. The van der Waals surface area contributed by atoms with E-state index in [9.17, 15) is 13.2 Å². The van der Waals surface area contributed by atoms with Crippen molar-refractivity contribution in [3.8, 4) is 5.75 Å². The van der Waals surface area contributed by atoms with E-state index in [0.29, 0.717) is 28.5 Å². The Labute approximate surface area is 184 Å². The molecule has 0 unspecified atom stereocenters. The van der Waals surface area contributed by atoms with Gasteiger partial charge in [-0.1, -0.05) is 24.9 Å². The summed E-state index contributed by atoms with van der Waals surface area (Å²) in [5.41, 5.74) is 1.08. The second-order valence-electron chi connectivity index (χ2n) is 7.13. The van der Waals surface area contributed by atoms with E-state index in [0.717, 1.165) is 12.8 Å². The molecule has 2 aromatic carbocycles. The first-order chi connectivity index (χ1) is 14.2. The average molecular weight is 453 g/mol. The molecule has 0 spiro atoms. The molecule has 8 heteroatoms. The van der Waals surface area contributed by atoms with E-state index in [-0.39, 0.29) is 23.4 Å². The van der Waals surface area contributed by atoms with Gasteiger partial charge in [0.05, 0.1) is 11.5 Å². The monoisotopic (exact) mass is 452 g/mol. The number of sulfonamides is 1. The van der Waals surface area contributed by atoms with Crippen LogP contribution in [0, 0.1) is 0 Å². The predicted molar refractivity (Wildman–Crippen MR) is 120 cm³/mol. The predicted octanol–water partition coefficient (Wildman–Crippen LogP) is 4.48. The molecule has 0 saturated carbocycles. The summed E-state index contributed by atoms with van der Waals surface area (Å²) in [5.74, 6) is 0.359. The number of amides is 1. The summed E-state index contributed by atoms with van der Waals surface area (Å²) in [5, 5.41) is 3.43. The molecular weight excluding hydrogens is 424 g/mol. The van der Waals surface area contributed by atoms with E-state index in [4.69, 9.17) is 16.3 Å². The molecule has 0 radical (unpaired) electrons. The Balaban J connectivity index is 2.29. The maximum atomic E-state index is 12.9. The van der Waals surface area contributed by atoms with Gasteiger partial charge in [-0.25, -0.2) is 8.42 Å². The zero-order chi connectivity index (χ0) is 22.3. The first kappa shape index (κ1) is 24.2. The number of ether oxygens (including phenoxy) is 1. The van der Waals surface area contributed by atoms with Crippen molar-refractivity contribution < 1.29 is 17.9 Å². The summed E-state index contributed by atoms with van der Waals surface area (Å²) >= 11 is 5.87. The van der Waals surface area contributed by atoms with Gasteiger partial charge in [0, 0.05) is 35.8 Å². The van der Waals surface area contributed by atoms with Crippen LogP contribution in [0.3, 0.4) is 0 Å². The lowest BCUT2D eigenvalue weighted by molar-refractivity contribution is 0.0938. The van der Waals surface area contributed by atoms with Crippen LogP contribution in [0.2, 0.25) is 5.02 Å². The summed E-state index contributed by atoms with van der Waals surface area (Å²) in [6.45, 7) is 6.37. The minimum absolute atomic E-state index is 0.0606. The largest absolute Gasteiger partial charge is 0.494 e. The molecule has 0 fully saturated rings. The van der Waals surface area contributed by atoms with Crippen LogP contribution >= 0.6 is 11.6 Å². The summed E-state index contributed by atoms with van der Waals surface area (Å²) in [7, 11) is -2.23. The minimum Gasteiger partial charge on any atom is -0.494 e. The molecule has 1 amide bonds. The lowest BCUT2D eigenvalue weighted by Crippen LogP contribution is -2.32. The van der Waals surface area contributed by atoms with Crippen LogP contribution in [0.5, 0.6) is 5.75 Å². The van der Waals surface area contributed by atoms with Crippen molar-refractivity contribution in [2.75, 3.05) is 13.7 Å². The molecule has 2 rings (SSSR count). The van der Waals surface area contributed by atoms with Crippen LogP contribution in [-0.2, 0) is 16.6 Å². The zero-order valence-corrected chi connectivity index (χ0v) is 19.4. The highest BCUT2D eigenvalue weighted by Crippen LogP contribution is 2.25. The Kier molecular flexibility index (Phi) is 8.70. The lowest BCUT2D eigenvalue weighted by atomic mass is 10.1. The number of carbonyl (C=O) groups is 1. The summed E-state index contributed by atoms with van der Waals surface area (Å²) in [6, 6.07) is 11.2. The second kappa shape index (κ2) is 10.8. The van der Waals surface area contributed by atoms with Crippen LogP contribution in [0.25, 0.3) is 0 Å². The lowest BCUT2D eigenvalue weighted by Gasteiger charge is -2.20. The van der Waals surface area contributed by atoms with Gasteiger partial charge in [0.15, 0.2) is 0 Å². The molecule has 0 aromatic heterocycles. The highest BCUT2D eigenvalue weighted by molar-refractivity contribution is 7.89. The molecule has 0 bridgehead atoms. The maximum absolute atomic E-state index is 12.9. The van der Waals surface area contributed by atoms with E-state index >= 15 is 0 Å². The molecule has 0 aliphatic heterocycles. The number of nitrogens with zero attached hydrogens (tertiary/aromatic N) is 1. The van der Waals surface area contributed by atoms with Crippen molar-refractivity contribution in [3.63, 3.8) is 0 Å². The van der Waals surface area contributed by atoms with Crippen LogP contribution in [0.4, 0.5) is 0 Å². The van der Waals surface area contributed by atoms with E-state index in [1.54, 1.807) is 18.2 Å². The van der Waals surface area contributed by atoms with Crippen molar-refractivity contribution in [1.29, 1.82) is 0 Å². The van der Waals surface area contributed by atoms with Crippen LogP contribution in [-0.4, -0.2) is 38.3 Å². The van der Waals surface area contributed by atoms with E-state index in [1.165, 1.54) is 35.6 Å². The first-order valence-corrected chi connectivity index (χ1v) is 11.8. The summed E-state index contributed by atoms with van der Waals surface area (Å²) in [4.78, 5) is 12.7. The molecule has 6 nitrogen and oxygen atoms in total. The Bertz CT molecular complexity index is 962. The summed E-state index contributed by atoms with van der Waals surface area (Å²) in [6.07, 6.45) is 1.86. The van der Waals surface area contributed by atoms with Crippen molar-refractivity contribution >= 4 is 27.5 Å². The van der Waals surface area contributed by atoms with Crippen LogP contribution in [0.1, 0.15) is 49.5 Å². The number of carbonyl (C=O) groups excluding carboxylic acids is 1. The quantitative estimate of drug-likeness (QED) is 0.576. The van der Waals surface area contributed by atoms with E-state index in [1.807, 2.05) is 13.8 Å². The molecule has 1 N–H and O–H groups in total. The van der Waals surface area contributed by atoms with Crippen LogP contribution < -0.4 is 10.1 Å². The molecule has 2 aromatic rings. The molecule has 164 valence electrons.